The van der Waals surface area contributed by atoms with Crippen molar-refractivity contribution in [2.45, 2.75) is 361 Å². The second-order valence-electron chi connectivity index (χ2n) is 23.1. The number of ether oxygens (including phenoxy) is 3. The third-order valence-electron chi connectivity index (χ3n) is 15.2. The lowest BCUT2D eigenvalue weighted by Crippen LogP contribution is -2.30. The minimum Gasteiger partial charge on any atom is -0.462 e. The van der Waals surface area contributed by atoms with Crippen LogP contribution in [0.5, 0.6) is 0 Å². The van der Waals surface area contributed by atoms with Gasteiger partial charge in [0.1, 0.15) is 13.2 Å². The van der Waals surface area contributed by atoms with Gasteiger partial charge in [-0.25, -0.2) is 0 Å². The number of esters is 3. The molecule has 0 heterocycles. The molecule has 0 aliphatic rings. The number of hydrogen-bond donors (Lipinski definition) is 0. The van der Waals surface area contributed by atoms with Gasteiger partial charge in [0.05, 0.1) is 0 Å². The van der Waals surface area contributed by atoms with Crippen LogP contribution in [0.3, 0.4) is 0 Å². The van der Waals surface area contributed by atoms with Crippen molar-refractivity contribution in [1.29, 1.82) is 0 Å². The van der Waals surface area contributed by atoms with Gasteiger partial charge in [0, 0.05) is 19.3 Å². The van der Waals surface area contributed by atoms with Crippen LogP contribution in [0.4, 0.5) is 0 Å². The summed E-state index contributed by atoms with van der Waals surface area (Å²) in [5, 5.41) is 0. The predicted molar refractivity (Wildman–Crippen MR) is 344 cm³/mol. The molecule has 0 aromatic heterocycles. The van der Waals surface area contributed by atoms with Gasteiger partial charge in [-0.15, -0.1) is 0 Å². The summed E-state index contributed by atoms with van der Waals surface area (Å²) in [4.78, 5) is 38.4. The molecule has 0 aliphatic carbocycles. The minimum atomic E-state index is -0.788. The zero-order chi connectivity index (χ0) is 57.1. The van der Waals surface area contributed by atoms with Gasteiger partial charge in [-0.2, -0.15) is 0 Å². The van der Waals surface area contributed by atoms with Crippen LogP contribution >= 0.6 is 0 Å². The van der Waals surface area contributed by atoms with Crippen molar-refractivity contribution in [3.05, 3.63) is 72.9 Å². The van der Waals surface area contributed by atoms with E-state index in [1.807, 2.05) is 0 Å². The second-order valence-corrected chi connectivity index (χ2v) is 23.1. The number of carbonyl (C=O) groups is 3. The van der Waals surface area contributed by atoms with Gasteiger partial charge in [-0.3, -0.25) is 14.4 Å². The van der Waals surface area contributed by atoms with E-state index in [1.54, 1.807) is 0 Å². The molecular weight excluding hydrogens is 973 g/mol. The Kier molecular flexibility index (Phi) is 64.7. The molecular formula is C73H130O6. The van der Waals surface area contributed by atoms with E-state index < -0.39 is 6.10 Å². The van der Waals surface area contributed by atoms with Crippen molar-refractivity contribution < 1.29 is 28.6 Å². The molecule has 6 nitrogen and oxygen atoms in total. The van der Waals surface area contributed by atoms with Crippen LogP contribution in [0.1, 0.15) is 355 Å². The maximum absolute atomic E-state index is 12.9. The van der Waals surface area contributed by atoms with Crippen molar-refractivity contribution in [3.63, 3.8) is 0 Å². The molecule has 1 unspecified atom stereocenters. The van der Waals surface area contributed by atoms with Gasteiger partial charge in [-0.1, -0.05) is 318 Å². The highest BCUT2D eigenvalue weighted by Gasteiger charge is 2.19. The Morgan fingerprint density at radius 1 is 0.266 bits per heavy atom. The molecule has 0 rings (SSSR count). The summed E-state index contributed by atoms with van der Waals surface area (Å²) in [6.07, 6.45) is 87.7. The lowest BCUT2D eigenvalue weighted by molar-refractivity contribution is -0.167. The molecule has 0 amide bonds. The van der Waals surface area contributed by atoms with Crippen LogP contribution in [0.15, 0.2) is 72.9 Å². The molecule has 1 atom stereocenters. The number of carbonyl (C=O) groups excluding carboxylic acids is 3. The normalized spacial score (nSPS) is 12.5. The molecule has 0 aliphatic heterocycles. The summed E-state index contributed by atoms with van der Waals surface area (Å²) < 4.78 is 17.0. The van der Waals surface area contributed by atoms with Gasteiger partial charge in [-0.05, 0) is 89.9 Å². The van der Waals surface area contributed by atoms with E-state index in [0.29, 0.717) is 19.3 Å². The average molecular weight is 1100 g/mol. The summed E-state index contributed by atoms with van der Waals surface area (Å²) in [6.45, 7) is 6.56. The summed E-state index contributed by atoms with van der Waals surface area (Å²) in [5.74, 6) is -0.884. The smallest absolute Gasteiger partial charge is 0.306 e. The molecule has 0 saturated carbocycles. The Morgan fingerprint density at radius 2 is 0.494 bits per heavy atom. The van der Waals surface area contributed by atoms with Crippen LogP contribution in [0.2, 0.25) is 0 Å². The third kappa shape index (κ3) is 65.5. The van der Waals surface area contributed by atoms with Crippen LogP contribution in [-0.4, -0.2) is 37.2 Å². The molecule has 79 heavy (non-hydrogen) atoms. The Balaban J connectivity index is 4.36. The van der Waals surface area contributed by atoms with E-state index >= 15 is 0 Å². The van der Waals surface area contributed by atoms with Gasteiger partial charge in [0.15, 0.2) is 6.10 Å². The average Bonchev–Trinajstić information content (AvgIpc) is 3.45. The Hall–Kier alpha value is -3.15. The monoisotopic (exact) mass is 1100 g/mol. The Labute approximate surface area is 491 Å². The van der Waals surface area contributed by atoms with E-state index in [9.17, 15) is 14.4 Å². The fourth-order valence-electron chi connectivity index (χ4n) is 10.1. The fraction of sp³-hybridized carbons (Fsp3) is 0.795. The summed E-state index contributed by atoms with van der Waals surface area (Å²) >= 11 is 0. The van der Waals surface area contributed by atoms with E-state index in [2.05, 4.69) is 93.7 Å². The van der Waals surface area contributed by atoms with Gasteiger partial charge >= 0.3 is 17.9 Å². The minimum absolute atomic E-state index is 0.0810. The molecule has 0 bridgehead atoms. The molecule has 0 fully saturated rings. The van der Waals surface area contributed by atoms with E-state index in [4.69, 9.17) is 14.2 Å². The van der Waals surface area contributed by atoms with Gasteiger partial charge in [0.25, 0.3) is 0 Å². The van der Waals surface area contributed by atoms with Crippen molar-refractivity contribution in [1.82, 2.24) is 0 Å². The second kappa shape index (κ2) is 67.4. The summed E-state index contributed by atoms with van der Waals surface area (Å²) in [5.41, 5.74) is 0. The first-order chi connectivity index (χ1) is 39.0. The SMILES string of the molecule is CC/C=C\C/C=C\C/C=C\CCCCCCCCCC(=O)OCC(COC(=O)CCCCCCCCCCCCCCCCCCCCCCCCC)OC(=O)CCCCCCCC/C=C\C/C=C\C/C=C\CCCCCCC. The number of rotatable bonds is 63. The Morgan fingerprint density at radius 3 is 0.772 bits per heavy atom. The predicted octanol–water partition coefficient (Wildman–Crippen LogP) is 23.7. The number of hydrogen-bond acceptors (Lipinski definition) is 6. The molecule has 0 radical (unpaired) electrons. The largest absolute Gasteiger partial charge is 0.462 e. The van der Waals surface area contributed by atoms with Gasteiger partial charge < -0.3 is 14.2 Å². The van der Waals surface area contributed by atoms with Crippen LogP contribution < -0.4 is 0 Å². The van der Waals surface area contributed by atoms with Crippen LogP contribution in [0.25, 0.3) is 0 Å². The van der Waals surface area contributed by atoms with E-state index in [1.165, 1.54) is 205 Å². The first-order valence-corrected chi connectivity index (χ1v) is 34.4. The zero-order valence-corrected chi connectivity index (χ0v) is 52.6. The summed E-state index contributed by atoms with van der Waals surface area (Å²) in [6, 6.07) is 0. The maximum atomic E-state index is 12.9. The number of allylic oxidation sites excluding steroid dienone is 12. The van der Waals surface area contributed by atoms with Crippen LogP contribution in [-0.2, 0) is 28.6 Å². The van der Waals surface area contributed by atoms with E-state index in [-0.39, 0.29) is 31.1 Å². The third-order valence-corrected chi connectivity index (χ3v) is 15.2. The van der Waals surface area contributed by atoms with Crippen molar-refractivity contribution in [2.24, 2.45) is 0 Å². The van der Waals surface area contributed by atoms with Gasteiger partial charge in [0.2, 0.25) is 0 Å². The van der Waals surface area contributed by atoms with E-state index in [0.717, 1.165) is 109 Å². The highest BCUT2D eigenvalue weighted by molar-refractivity contribution is 5.71. The molecule has 6 heteroatoms. The molecule has 0 aromatic rings. The molecule has 458 valence electrons. The topological polar surface area (TPSA) is 78.9 Å². The molecule has 0 aromatic carbocycles. The molecule has 0 saturated heterocycles. The maximum Gasteiger partial charge on any atom is 0.306 e. The first-order valence-electron chi connectivity index (χ1n) is 34.4. The highest BCUT2D eigenvalue weighted by Crippen LogP contribution is 2.18. The van der Waals surface area contributed by atoms with Crippen LogP contribution in [0, 0.1) is 0 Å². The van der Waals surface area contributed by atoms with Crippen molar-refractivity contribution in [3.8, 4) is 0 Å². The number of unbranched alkanes of at least 4 members (excludes halogenated alkanes) is 40. The van der Waals surface area contributed by atoms with Crippen molar-refractivity contribution >= 4 is 17.9 Å². The standard InChI is InChI=1S/C73H130O6/c1-4-7-10-13-16-19-22-25-28-31-33-35-36-38-39-42-45-48-51-54-57-60-63-66-72(75)78-69-70(68-77-71(74)65-62-59-56-53-50-47-44-41-30-27-24-21-18-15-12-9-6-3)79-73(76)67-64-61-58-55-52-49-46-43-40-37-34-32-29-26-23-20-17-14-11-8-5-2/h9,12,18,21,23,26-27,30,32,34,40,43,70H,4-8,10-11,13-17,19-20,22,24-25,28-29,31,33,35-39,41-42,44-69H2,1-3H3/b12-9-,21-18-,26-23-,30-27-,34-32-,43-40-. The first kappa shape index (κ1) is 75.8. The quantitative estimate of drug-likeness (QED) is 0.0261. The molecule has 0 N–H and O–H groups in total. The zero-order valence-electron chi connectivity index (χ0n) is 52.6. The Bertz CT molecular complexity index is 1450. The van der Waals surface area contributed by atoms with Crippen molar-refractivity contribution in [2.75, 3.05) is 13.2 Å². The summed E-state index contributed by atoms with van der Waals surface area (Å²) in [7, 11) is 0. The molecule has 0 spiro atoms. The lowest BCUT2D eigenvalue weighted by Gasteiger charge is -2.18. The lowest BCUT2D eigenvalue weighted by atomic mass is 10.0. The fourth-order valence-corrected chi connectivity index (χ4v) is 10.1. The highest BCUT2D eigenvalue weighted by atomic mass is 16.6.